The third kappa shape index (κ3) is 4.29. The molecule has 0 spiro atoms. The molecule has 126 valence electrons. The minimum Gasteiger partial charge on any atom is -0.496 e. The number of rotatable bonds is 7. The zero-order valence-corrected chi connectivity index (χ0v) is 15.1. The molecule has 24 heavy (non-hydrogen) atoms. The van der Waals surface area contributed by atoms with Crippen molar-refractivity contribution in [2.24, 2.45) is 0 Å². The zero-order valence-electron chi connectivity index (χ0n) is 15.1. The summed E-state index contributed by atoms with van der Waals surface area (Å²) in [7, 11) is 3.41. The first-order valence-electron chi connectivity index (χ1n) is 8.07. The van der Waals surface area contributed by atoms with Crippen LogP contribution in [0.15, 0.2) is 60.7 Å². The van der Waals surface area contributed by atoms with Crippen LogP contribution in [0.3, 0.4) is 0 Å². The Bertz CT molecular complexity index is 691. The van der Waals surface area contributed by atoms with E-state index in [1.165, 1.54) is 0 Å². The van der Waals surface area contributed by atoms with Crippen LogP contribution < -0.4 is 9.47 Å². The Labute approximate surface area is 145 Å². The standard InChI is InChI=1S/C22H26O2/c1-15(2)11-19-13-17(7-9-21(19)23-5)18-8-10-22(24-6)20(14-18)12-16(3)4/h7-10,13-14H,1,3,11-12H2,2,4-6H3. The Kier molecular flexibility index (Phi) is 5.86. The third-order valence-corrected chi connectivity index (χ3v) is 3.88. The molecule has 0 aliphatic rings. The van der Waals surface area contributed by atoms with Crippen LogP contribution in [0, 0.1) is 0 Å². The Morgan fingerprint density at radius 1 is 0.750 bits per heavy atom. The van der Waals surface area contributed by atoms with Crippen molar-refractivity contribution in [1.82, 2.24) is 0 Å². The largest absolute Gasteiger partial charge is 0.496 e. The second kappa shape index (κ2) is 7.87. The second-order valence-electron chi connectivity index (χ2n) is 6.32. The summed E-state index contributed by atoms with van der Waals surface area (Å²) in [5, 5.41) is 0. The topological polar surface area (TPSA) is 18.5 Å². The highest BCUT2D eigenvalue weighted by Crippen LogP contribution is 2.31. The molecule has 0 radical (unpaired) electrons. The molecule has 2 nitrogen and oxygen atoms in total. The van der Waals surface area contributed by atoms with Gasteiger partial charge in [-0.3, -0.25) is 0 Å². The van der Waals surface area contributed by atoms with Crippen LogP contribution in [0.4, 0.5) is 0 Å². The SMILES string of the molecule is C=C(C)Cc1cc(-c2ccc(OC)c(CC(=C)C)c2)ccc1OC. The van der Waals surface area contributed by atoms with Crippen molar-refractivity contribution in [3.8, 4) is 22.6 Å². The first-order valence-corrected chi connectivity index (χ1v) is 8.07. The summed E-state index contributed by atoms with van der Waals surface area (Å²) in [6, 6.07) is 12.6. The Morgan fingerprint density at radius 3 is 1.42 bits per heavy atom. The van der Waals surface area contributed by atoms with E-state index in [-0.39, 0.29) is 0 Å². The van der Waals surface area contributed by atoms with Crippen LogP contribution in [0.2, 0.25) is 0 Å². The minimum absolute atomic E-state index is 0.811. The minimum atomic E-state index is 0.811. The molecule has 0 aliphatic heterocycles. The maximum Gasteiger partial charge on any atom is 0.122 e. The van der Waals surface area contributed by atoms with E-state index >= 15 is 0 Å². The van der Waals surface area contributed by atoms with Crippen LogP contribution in [0.1, 0.15) is 25.0 Å². The average Bonchev–Trinajstić information content (AvgIpc) is 2.53. The maximum atomic E-state index is 5.48. The fourth-order valence-corrected chi connectivity index (χ4v) is 2.84. The number of ether oxygens (including phenoxy) is 2. The molecule has 0 bridgehead atoms. The van der Waals surface area contributed by atoms with Crippen molar-refractivity contribution in [2.45, 2.75) is 26.7 Å². The molecule has 0 unspecified atom stereocenters. The lowest BCUT2D eigenvalue weighted by molar-refractivity contribution is 0.410. The van der Waals surface area contributed by atoms with E-state index in [4.69, 9.17) is 9.47 Å². The van der Waals surface area contributed by atoms with Crippen molar-refractivity contribution in [2.75, 3.05) is 14.2 Å². The summed E-state index contributed by atoms with van der Waals surface area (Å²) in [6.07, 6.45) is 1.62. The lowest BCUT2D eigenvalue weighted by Crippen LogP contribution is -1.96. The molecule has 2 aromatic rings. The van der Waals surface area contributed by atoms with E-state index in [9.17, 15) is 0 Å². The van der Waals surface area contributed by atoms with E-state index in [1.807, 2.05) is 26.0 Å². The van der Waals surface area contributed by atoms with Crippen LogP contribution in [-0.2, 0) is 12.8 Å². The number of methoxy groups -OCH3 is 2. The van der Waals surface area contributed by atoms with Crippen LogP contribution in [0.5, 0.6) is 11.5 Å². The van der Waals surface area contributed by atoms with Crippen molar-refractivity contribution in [3.63, 3.8) is 0 Å². The van der Waals surface area contributed by atoms with Gasteiger partial charge in [0.2, 0.25) is 0 Å². The smallest absolute Gasteiger partial charge is 0.122 e. The van der Waals surface area contributed by atoms with E-state index in [1.54, 1.807) is 14.2 Å². The van der Waals surface area contributed by atoms with Gasteiger partial charge in [0, 0.05) is 0 Å². The Morgan fingerprint density at radius 2 is 1.12 bits per heavy atom. The molecule has 0 N–H and O–H groups in total. The quantitative estimate of drug-likeness (QED) is 0.617. The highest BCUT2D eigenvalue weighted by atomic mass is 16.5. The maximum absolute atomic E-state index is 5.48. The molecule has 0 fully saturated rings. The fraction of sp³-hybridized carbons (Fsp3) is 0.273. The van der Waals surface area contributed by atoms with Crippen molar-refractivity contribution in [1.29, 1.82) is 0 Å². The van der Waals surface area contributed by atoms with Gasteiger partial charge >= 0.3 is 0 Å². The Balaban J connectivity index is 2.47. The molecule has 2 heteroatoms. The molecule has 0 saturated carbocycles. The monoisotopic (exact) mass is 322 g/mol. The summed E-state index contributed by atoms with van der Waals surface area (Å²) in [4.78, 5) is 0. The molecule has 0 heterocycles. The highest BCUT2D eigenvalue weighted by Gasteiger charge is 2.09. The molecular formula is C22H26O2. The van der Waals surface area contributed by atoms with Gasteiger partial charge in [0.05, 0.1) is 14.2 Å². The fourth-order valence-electron chi connectivity index (χ4n) is 2.84. The summed E-state index contributed by atoms with van der Waals surface area (Å²) in [5.41, 5.74) is 6.86. The molecule has 2 aromatic carbocycles. The zero-order chi connectivity index (χ0) is 17.7. The average molecular weight is 322 g/mol. The summed E-state index contributed by atoms with van der Waals surface area (Å²) in [5.74, 6) is 1.80. The third-order valence-electron chi connectivity index (χ3n) is 3.88. The molecular weight excluding hydrogens is 296 g/mol. The molecule has 2 rings (SSSR count). The first kappa shape index (κ1) is 17.9. The summed E-state index contributed by atoms with van der Waals surface area (Å²) < 4.78 is 11.0. The van der Waals surface area contributed by atoms with E-state index in [2.05, 4.69) is 37.4 Å². The van der Waals surface area contributed by atoms with Gasteiger partial charge in [-0.1, -0.05) is 36.4 Å². The van der Waals surface area contributed by atoms with Gasteiger partial charge in [-0.25, -0.2) is 0 Å². The molecule has 0 saturated heterocycles. The van der Waals surface area contributed by atoms with Crippen molar-refractivity contribution >= 4 is 0 Å². The summed E-state index contributed by atoms with van der Waals surface area (Å²) in [6.45, 7) is 12.1. The number of allylic oxidation sites excluding steroid dienone is 2. The van der Waals surface area contributed by atoms with Gasteiger partial charge in [-0.2, -0.15) is 0 Å². The predicted molar refractivity (Wildman–Crippen MR) is 102 cm³/mol. The number of hydrogen-bond acceptors (Lipinski definition) is 2. The van der Waals surface area contributed by atoms with E-state index in [0.717, 1.165) is 57.7 Å². The van der Waals surface area contributed by atoms with Gasteiger partial charge in [0.1, 0.15) is 11.5 Å². The number of benzene rings is 2. The van der Waals surface area contributed by atoms with Crippen LogP contribution in [-0.4, -0.2) is 14.2 Å². The Hall–Kier alpha value is -2.48. The van der Waals surface area contributed by atoms with Gasteiger partial charge in [-0.05, 0) is 73.2 Å². The second-order valence-corrected chi connectivity index (χ2v) is 6.32. The van der Waals surface area contributed by atoms with Crippen LogP contribution in [0.25, 0.3) is 11.1 Å². The van der Waals surface area contributed by atoms with Crippen molar-refractivity contribution in [3.05, 3.63) is 71.8 Å². The molecule has 0 aliphatic carbocycles. The van der Waals surface area contributed by atoms with E-state index in [0.29, 0.717) is 0 Å². The number of hydrogen-bond donors (Lipinski definition) is 0. The van der Waals surface area contributed by atoms with Gasteiger partial charge in [0.25, 0.3) is 0 Å². The molecule has 0 aromatic heterocycles. The van der Waals surface area contributed by atoms with Gasteiger partial charge in [0.15, 0.2) is 0 Å². The lowest BCUT2D eigenvalue weighted by atomic mass is 9.96. The predicted octanol–water partition coefficient (Wildman–Crippen LogP) is 5.61. The van der Waals surface area contributed by atoms with Gasteiger partial charge in [-0.15, -0.1) is 0 Å². The normalized spacial score (nSPS) is 10.3. The molecule has 0 amide bonds. The first-order chi connectivity index (χ1) is 11.4. The van der Waals surface area contributed by atoms with Gasteiger partial charge < -0.3 is 9.47 Å². The van der Waals surface area contributed by atoms with Crippen LogP contribution >= 0.6 is 0 Å². The lowest BCUT2D eigenvalue weighted by Gasteiger charge is -2.14. The molecule has 0 atom stereocenters. The summed E-state index contributed by atoms with van der Waals surface area (Å²) >= 11 is 0. The van der Waals surface area contributed by atoms with Crippen molar-refractivity contribution < 1.29 is 9.47 Å². The van der Waals surface area contributed by atoms with E-state index < -0.39 is 0 Å². The highest BCUT2D eigenvalue weighted by molar-refractivity contribution is 5.68.